The highest BCUT2D eigenvalue weighted by molar-refractivity contribution is 6.36. The molecule has 0 unspecified atom stereocenters. The molecule has 8 heteroatoms. The molecule has 0 saturated heterocycles. The van der Waals surface area contributed by atoms with Gasteiger partial charge in [-0.05, 0) is 54.1 Å². The number of para-hydroxylation sites is 1. The number of hydrogen-bond donors (Lipinski definition) is 1. The van der Waals surface area contributed by atoms with Crippen LogP contribution in [0.4, 0.5) is 15.8 Å². The zero-order valence-electron chi connectivity index (χ0n) is 14.8. The van der Waals surface area contributed by atoms with Gasteiger partial charge in [0.05, 0.1) is 21.4 Å². The smallest absolute Gasteiger partial charge is 0.262 e. The van der Waals surface area contributed by atoms with Crippen LogP contribution in [0, 0.1) is 5.82 Å². The van der Waals surface area contributed by atoms with Crippen molar-refractivity contribution in [1.82, 2.24) is 0 Å². The van der Waals surface area contributed by atoms with Crippen LogP contribution in [-0.2, 0) is 4.79 Å². The van der Waals surface area contributed by atoms with Crippen LogP contribution in [-0.4, -0.2) is 18.7 Å². The first kappa shape index (κ1) is 21.1. The number of nitrogens with zero attached hydrogens (tertiary/aromatic N) is 1. The zero-order valence-corrected chi connectivity index (χ0v) is 17.1. The number of carbonyl (C=O) groups is 1. The Labute approximate surface area is 181 Å². The maximum atomic E-state index is 13.6. The predicted octanol–water partition coefficient (Wildman–Crippen LogP) is 6.55. The van der Waals surface area contributed by atoms with Gasteiger partial charge in [-0.1, -0.05) is 46.9 Å². The van der Waals surface area contributed by atoms with Crippen molar-refractivity contribution in [2.45, 2.75) is 0 Å². The topological polar surface area (TPSA) is 50.7 Å². The third-order valence-electron chi connectivity index (χ3n) is 3.73. The van der Waals surface area contributed by atoms with Gasteiger partial charge in [0.2, 0.25) is 0 Å². The number of nitrogens with one attached hydrogen (secondary N) is 1. The Morgan fingerprint density at radius 2 is 1.83 bits per heavy atom. The molecule has 148 valence electrons. The summed E-state index contributed by atoms with van der Waals surface area (Å²) in [5, 5.41) is 3.69. The molecule has 1 amide bonds. The van der Waals surface area contributed by atoms with E-state index in [9.17, 15) is 9.18 Å². The molecule has 0 aliphatic rings. The fourth-order valence-corrected chi connectivity index (χ4v) is 3.04. The molecular formula is C21H14Cl3FN2O2. The Kier molecular flexibility index (Phi) is 7.09. The second-order valence-corrected chi connectivity index (χ2v) is 7.11. The summed E-state index contributed by atoms with van der Waals surface area (Å²) in [5.41, 5.74) is 1.36. The third kappa shape index (κ3) is 5.94. The Hall–Kier alpha value is -2.60. The van der Waals surface area contributed by atoms with Crippen molar-refractivity contribution in [3.63, 3.8) is 0 Å². The second-order valence-electron chi connectivity index (χ2n) is 5.86. The predicted molar refractivity (Wildman–Crippen MR) is 116 cm³/mol. The fourth-order valence-electron chi connectivity index (χ4n) is 2.34. The van der Waals surface area contributed by atoms with Crippen molar-refractivity contribution in [2.24, 2.45) is 4.99 Å². The summed E-state index contributed by atoms with van der Waals surface area (Å²) in [7, 11) is 0. The highest BCUT2D eigenvalue weighted by Gasteiger charge is 2.09. The first-order valence-electron chi connectivity index (χ1n) is 8.38. The van der Waals surface area contributed by atoms with Gasteiger partial charge in [0, 0.05) is 11.2 Å². The molecular weight excluding hydrogens is 438 g/mol. The lowest BCUT2D eigenvalue weighted by molar-refractivity contribution is -0.118. The normalized spacial score (nSPS) is 10.9. The number of amides is 1. The van der Waals surface area contributed by atoms with Gasteiger partial charge in [-0.3, -0.25) is 9.79 Å². The molecule has 0 aliphatic heterocycles. The Bertz CT molecular complexity index is 1070. The molecule has 0 atom stereocenters. The molecule has 3 aromatic rings. The monoisotopic (exact) mass is 450 g/mol. The van der Waals surface area contributed by atoms with Gasteiger partial charge in [0.15, 0.2) is 6.61 Å². The van der Waals surface area contributed by atoms with Gasteiger partial charge in [-0.25, -0.2) is 4.39 Å². The van der Waals surface area contributed by atoms with Crippen LogP contribution in [0.3, 0.4) is 0 Å². The average molecular weight is 452 g/mol. The number of carbonyl (C=O) groups excluding carboxylic acids is 1. The highest BCUT2D eigenvalue weighted by atomic mass is 35.5. The van der Waals surface area contributed by atoms with Crippen molar-refractivity contribution in [1.29, 1.82) is 0 Å². The lowest BCUT2D eigenvalue weighted by Crippen LogP contribution is -2.20. The number of ether oxygens (including phenoxy) is 1. The van der Waals surface area contributed by atoms with E-state index in [1.54, 1.807) is 48.7 Å². The maximum Gasteiger partial charge on any atom is 0.262 e. The van der Waals surface area contributed by atoms with Crippen molar-refractivity contribution >= 4 is 58.3 Å². The van der Waals surface area contributed by atoms with Gasteiger partial charge in [0.1, 0.15) is 11.6 Å². The van der Waals surface area contributed by atoms with E-state index >= 15 is 0 Å². The van der Waals surface area contributed by atoms with Crippen LogP contribution in [0.15, 0.2) is 65.7 Å². The summed E-state index contributed by atoms with van der Waals surface area (Å²) in [6.07, 6.45) is 1.59. The molecule has 3 aromatic carbocycles. The van der Waals surface area contributed by atoms with Gasteiger partial charge in [-0.15, -0.1) is 0 Å². The van der Waals surface area contributed by atoms with E-state index in [1.807, 2.05) is 0 Å². The number of rotatable bonds is 6. The fraction of sp³-hybridized carbons (Fsp3) is 0.0476. The van der Waals surface area contributed by atoms with Crippen LogP contribution in [0.5, 0.6) is 5.75 Å². The molecule has 29 heavy (non-hydrogen) atoms. The minimum Gasteiger partial charge on any atom is -0.482 e. The minimum atomic E-state index is -0.525. The first-order chi connectivity index (χ1) is 13.9. The number of aliphatic imine (C=N–C) groups is 1. The molecule has 3 rings (SSSR count). The molecule has 1 N–H and O–H groups in total. The lowest BCUT2D eigenvalue weighted by atomic mass is 10.2. The Balaban J connectivity index is 1.61. The molecule has 4 nitrogen and oxygen atoms in total. The summed E-state index contributed by atoms with van der Waals surface area (Å²) in [6, 6.07) is 15.8. The largest absolute Gasteiger partial charge is 0.482 e. The van der Waals surface area contributed by atoms with Crippen LogP contribution in [0.25, 0.3) is 0 Å². The summed E-state index contributed by atoms with van der Waals surface area (Å²) < 4.78 is 19.0. The number of hydrogen-bond acceptors (Lipinski definition) is 3. The van der Waals surface area contributed by atoms with E-state index in [2.05, 4.69) is 10.3 Å². The van der Waals surface area contributed by atoms with E-state index in [1.165, 1.54) is 18.2 Å². The zero-order chi connectivity index (χ0) is 20.8. The van der Waals surface area contributed by atoms with Gasteiger partial charge < -0.3 is 10.1 Å². The maximum absolute atomic E-state index is 13.6. The molecule has 0 spiro atoms. The van der Waals surface area contributed by atoms with Crippen LogP contribution in [0.2, 0.25) is 15.1 Å². The Morgan fingerprint density at radius 1 is 1.03 bits per heavy atom. The highest BCUT2D eigenvalue weighted by Crippen LogP contribution is 2.29. The van der Waals surface area contributed by atoms with E-state index in [0.717, 1.165) is 0 Å². The summed E-state index contributed by atoms with van der Waals surface area (Å²) in [5.74, 6) is -0.713. The summed E-state index contributed by atoms with van der Waals surface area (Å²) in [4.78, 5) is 16.2. The molecule has 0 aromatic heterocycles. The van der Waals surface area contributed by atoms with Crippen molar-refractivity contribution in [2.75, 3.05) is 11.9 Å². The van der Waals surface area contributed by atoms with Crippen molar-refractivity contribution in [3.05, 3.63) is 87.1 Å². The van der Waals surface area contributed by atoms with Crippen LogP contribution < -0.4 is 10.1 Å². The SMILES string of the molecule is O=C(COc1ccc(C=Nc2ccc(Cl)cc2Cl)cc1Cl)Nc1ccccc1F. The van der Waals surface area contributed by atoms with Gasteiger partial charge >= 0.3 is 0 Å². The van der Waals surface area contributed by atoms with Crippen molar-refractivity contribution in [3.8, 4) is 5.75 Å². The van der Waals surface area contributed by atoms with Crippen LogP contribution >= 0.6 is 34.8 Å². The summed E-state index contributed by atoms with van der Waals surface area (Å²) >= 11 is 18.2. The van der Waals surface area contributed by atoms with E-state index in [4.69, 9.17) is 39.5 Å². The quantitative estimate of drug-likeness (QED) is 0.432. The number of benzene rings is 3. The average Bonchev–Trinajstić information content (AvgIpc) is 2.68. The third-order valence-corrected chi connectivity index (χ3v) is 4.56. The molecule has 0 bridgehead atoms. The molecule has 0 heterocycles. The standard InChI is InChI=1S/C21H14Cl3FN2O2/c22-14-6-7-18(15(23)10-14)26-11-13-5-8-20(16(24)9-13)29-12-21(28)27-19-4-2-1-3-17(19)25/h1-11H,12H2,(H,27,28). The lowest BCUT2D eigenvalue weighted by Gasteiger charge is -2.09. The van der Waals surface area contributed by atoms with Crippen LogP contribution in [0.1, 0.15) is 5.56 Å². The number of anilines is 1. The number of halogens is 4. The molecule has 0 saturated carbocycles. The second kappa shape index (κ2) is 9.74. The molecule has 0 aliphatic carbocycles. The minimum absolute atomic E-state index is 0.0830. The molecule has 0 fully saturated rings. The summed E-state index contributed by atoms with van der Waals surface area (Å²) in [6.45, 7) is -0.318. The van der Waals surface area contributed by atoms with E-state index in [0.29, 0.717) is 32.1 Å². The van der Waals surface area contributed by atoms with E-state index < -0.39 is 11.7 Å². The van der Waals surface area contributed by atoms with Crippen molar-refractivity contribution < 1.29 is 13.9 Å². The van der Waals surface area contributed by atoms with Gasteiger partial charge in [0.25, 0.3) is 5.91 Å². The van der Waals surface area contributed by atoms with E-state index in [-0.39, 0.29) is 12.3 Å². The molecule has 0 radical (unpaired) electrons. The first-order valence-corrected chi connectivity index (χ1v) is 9.51. The van der Waals surface area contributed by atoms with Gasteiger partial charge in [-0.2, -0.15) is 0 Å². The Morgan fingerprint density at radius 3 is 2.55 bits per heavy atom.